The summed E-state index contributed by atoms with van der Waals surface area (Å²) in [6, 6.07) is 5.71. The quantitative estimate of drug-likeness (QED) is 0.797. The molecule has 0 radical (unpaired) electrons. The van der Waals surface area contributed by atoms with Gasteiger partial charge in [0.1, 0.15) is 0 Å². The molecule has 0 bridgehead atoms. The van der Waals surface area contributed by atoms with Gasteiger partial charge in [0.25, 0.3) is 0 Å². The highest BCUT2D eigenvalue weighted by molar-refractivity contribution is 6.32. The fourth-order valence-corrected chi connectivity index (χ4v) is 2.24. The van der Waals surface area contributed by atoms with Crippen LogP contribution in [0.25, 0.3) is 0 Å². The predicted molar refractivity (Wildman–Crippen MR) is 78.5 cm³/mol. The maximum Gasteiger partial charge on any atom is 0.179 e. The van der Waals surface area contributed by atoms with E-state index in [1.54, 1.807) is 20.4 Å². The highest BCUT2D eigenvalue weighted by Crippen LogP contribution is 2.35. The van der Waals surface area contributed by atoms with Crippen LogP contribution in [0.1, 0.15) is 5.56 Å². The van der Waals surface area contributed by atoms with Crippen molar-refractivity contribution in [3.63, 3.8) is 0 Å². The molecule has 20 heavy (non-hydrogen) atoms. The minimum absolute atomic E-state index is 0.552. The zero-order valence-electron chi connectivity index (χ0n) is 11.6. The topological polar surface area (TPSA) is 48.3 Å². The van der Waals surface area contributed by atoms with E-state index in [0.717, 1.165) is 18.7 Å². The van der Waals surface area contributed by atoms with Crippen molar-refractivity contribution in [2.24, 2.45) is 0 Å². The smallest absolute Gasteiger partial charge is 0.179 e. The van der Waals surface area contributed by atoms with Gasteiger partial charge >= 0.3 is 0 Å². The maximum absolute atomic E-state index is 6.16. The molecule has 2 rings (SSSR count). The molecule has 6 heteroatoms. The molecular formula is C14H18ClN3O2. The lowest BCUT2D eigenvalue weighted by Crippen LogP contribution is -2.19. The first-order chi connectivity index (χ1) is 9.74. The summed E-state index contributed by atoms with van der Waals surface area (Å²) < 4.78 is 12.4. The van der Waals surface area contributed by atoms with Crippen molar-refractivity contribution in [1.82, 2.24) is 15.1 Å². The summed E-state index contributed by atoms with van der Waals surface area (Å²) in [5.74, 6) is 1.21. The Bertz CT molecular complexity index is 544. The van der Waals surface area contributed by atoms with Gasteiger partial charge in [0.15, 0.2) is 11.5 Å². The number of benzene rings is 1. The van der Waals surface area contributed by atoms with Crippen LogP contribution in [-0.2, 0) is 13.1 Å². The predicted octanol–water partition coefficient (Wildman–Crippen LogP) is 2.34. The second-order valence-corrected chi connectivity index (χ2v) is 4.67. The van der Waals surface area contributed by atoms with Gasteiger partial charge in [0.05, 0.1) is 25.8 Å². The molecular weight excluding hydrogens is 278 g/mol. The summed E-state index contributed by atoms with van der Waals surface area (Å²) in [6.45, 7) is 2.36. The Kier molecular flexibility index (Phi) is 5.26. The molecule has 0 amide bonds. The molecule has 5 nitrogen and oxygen atoms in total. The van der Waals surface area contributed by atoms with Crippen LogP contribution in [0.3, 0.4) is 0 Å². The van der Waals surface area contributed by atoms with Gasteiger partial charge in [-0.2, -0.15) is 5.10 Å². The Hall–Kier alpha value is -1.72. The van der Waals surface area contributed by atoms with Crippen molar-refractivity contribution < 1.29 is 9.47 Å². The van der Waals surface area contributed by atoms with Crippen molar-refractivity contribution in [2.45, 2.75) is 13.1 Å². The Balaban J connectivity index is 1.91. The van der Waals surface area contributed by atoms with Gasteiger partial charge < -0.3 is 14.8 Å². The molecule has 0 saturated heterocycles. The number of nitrogens with one attached hydrogen (secondary N) is 1. The van der Waals surface area contributed by atoms with Gasteiger partial charge in [-0.15, -0.1) is 0 Å². The van der Waals surface area contributed by atoms with Crippen LogP contribution in [0.4, 0.5) is 0 Å². The molecule has 108 valence electrons. The second kappa shape index (κ2) is 7.17. The van der Waals surface area contributed by atoms with Gasteiger partial charge in [-0.3, -0.25) is 4.68 Å². The molecule has 0 aliphatic carbocycles. The van der Waals surface area contributed by atoms with E-state index in [9.17, 15) is 0 Å². The Labute approximate surface area is 123 Å². The van der Waals surface area contributed by atoms with E-state index >= 15 is 0 Å². The number of rotatable bonds is 7. The second-order valence-electron chi connectivity index (χ2n) is 4.26. The third-order valence-electron chi connectivity index (χ3n) is 2.90. The molecule has 0 saturated carbocycles. The normalized spacial score (nSPS) is 10.6. The van der Waals surface area contributed by atoms with Crippen molar-refractivity contribution in [1.29, 1.82) is 0 Å². The van der Waals surface area contributed by atoms with Crippen molar-refractivity contribution in [2.75, 3.05) is 20.8 Å². The van der Waals surface area contributed by atoms with E-state index in [2.05, 4.69) is 10.4 Å². The van der Waals surface area contributed by atoms with Gasteiger partial charge in [0.2, 0.25) is 0 Å². The number of nitrogens with zero attached hydrogens (tertiary/aromatic N) is 2. The standard InChI is InChI=1S/C14H18ClN3O2/c1-19-13-9-11(8-12(15)14(13)20-2)10-16-5-7-18-6-3-4-17-18/h3-4,6,8-9,16H,5,7,10H2,1-2H3. The van der Waals surface area contributed by atoms with Crippen LogP contribution >= 0.6 is 11.6 Å². The summed E-state index contributed by atoms with van der Waals surface area (Å²) in [5, 5.41) is 8.04. The van der Waals surface area contributed by atoms with E-state index in [-0.39, 0.29) is 0 Å². The summed E-state index contributed by atoms with van der Waals surface area (Å²) in [5.41, 5.74) is 1.05. The van der Waals surface area contributed by atoms with Crippen LogP contribution in [0.2, 0.25) is 5.02 Å². The molecule has 1 heterocycles. The molecule has 2 aromatic rings. The molecule has 1 aromatic heterocycles. The van der Waals surface area contributed by atoms with Crippen molar-refractivity contribution in [3.05, 3.63) is 41.2 Å². The monoisotopic (exact) mass is 295 g/mol. The van der Waals surface area contributed by atoms with Gasteiger partial charge in [-0.25, -0.2) is 0 Å². The number of hydrogen-bond acceptors (Lipinski definition) is 4. The molecule has 1 N–H and O–H groups in total. The van der Waals surface area contributed by atoms with Gasteiger partial charge in [0, 0.05) is 25.5 Å². The summed E-state index contributed by atoms with van der Waals surface area (Å²) in [4.78, 5) is 0. The van der Waals surface area contributed by atoms with E-state index in [1.807, 2.05) is 29.1 Å². The Morgan fingerprint density at radius 2 is 2.15 bits per heavy atom. The summed E-state index contributed by atoms with van der Waals surface area (Å²) in [6.07, 6.45) is 3.71. The maximum atomic E-state index is 6.16. The zero-order chi connectivity index (χ0) is 14.4. The lowest BCUT2D eigenvalue weighted by atomic mass is 10.2. The van der Waals surface area contributed by atoms with Crippen LogP contribution < -0.4 is 14.8 Å². The van der Waals surface area contributed by atoms with Crippen LogP contribution in [0.5, 0.6) is 11.5 Å². The summed E-state index contributed by atoms with van der Waals surface area (Å²) in [7, 11) is 3.18. The Morgan fingerprint density at radius 3 is 2.80 bits per heavy atom. The lowest BCUT2D eigenvalue weighted by molar-refractivity contribution is 0.354. The largest absolute Gasteiger partial charge is 0.493 e. The molecule has 1 aromatic carbocycles. The molecule has 0 fully saturated rings. The molecule has 0 atom stereocenters. The molecule has 0 unspecified atom stereocenters. The highest BCUT2D eigenvalue weighted by Gasteiger charge is 2.10. The van der Waals surface area contributed by atoms with E-state index < -0.39 is 0 Å². The fourth-order valence-electron chi connectivity index (χ4n) is 1.93. The third-order valence-corrected chi connectivity index (χ3v) is 3.18. The first-order valence-electron chi connectivity index (χ1n) is 6.33. The van der Waals surface area contributed by atoms with E-state index in [1.165, 1.54) is 0 Å². The fraction of sp³-hybridized carbons (Fsp3) is 0.357. The molecule has 0 aliphatic heterocycles. The number of methoxy groups -OCH3 is 2. The Morgan fingerprint density at radius 1 is 1.30 bits per heavy atom. The third kappa shape index (κ3) is 3.65. The minimum Gasteiger partial charge on any atom is -0.493 e. The van der Waals surface area contributed by atoms with Crippen LogP contribution in [0, 0.1) is 0 Å². The van der Waals surface area contributed by atoms with Gasteiger partial charge in [-0.05, 0) is 23.8 Å². The minimum atomic E-state index is 0.552. The van der Waals surface area contributed by atoms with Crippen molar-refractivity contribution >= 4 is 11.6 Å². The highest BCUT2D eigenvalue weighted by atomic mass is 35.5. The van der Waals surface area contributed by atoms with E-state index in [4.69, 9.17) is 21.1 Å². The molecule has 0 aliphatic rings. The summed E-state index contributed by atoms with van der Waals surface area (Å²) >= 11 is 6.16. The average molecular weight is 296 g/mol. The molecule has 0 spiro atoms. The van der Waals surface area contributed by atoms with Crippen LogP contribution in [0.15, 0.2) is 30.6 Å². The van der Waals surface area contributed by atoms with Crippen LogP contribution in [-0.4, -0.2) is 30.5 Å². The first kappa shape index (κ1) is 14.7. The van der Waals surface area contributed by atoms with Gasteiger partial charge in [-0.1, -0.05) is 11.6 Å². The average Bonchev–Trinajstić information content (AvgIpc) is 2.96. The first-order valence-corrected chi connectivity index (χ1v) is 6.71. The number of hydrogen-bond donors (Lipinski definition) is 1. The van der Waals surface area contributed by atoms with E-state index in [0.29, 0.717) is 23.1 Å². The van der Waals surface area contributed by atoms with Crippen molar-refractivity contribution in [3.8, 4) is 11.5 Å². The number of aromatic nitrogens is 2. The SMILES string of the molecule is COc1cc(CNCCn2cccn2)cc(Cl)c1OC. The lowest BCUT2D eigenvalue weighted by Gasteiger charge is -2.12. The number of halogens is 1. The number of ether oxygens (including phenoxy) is 2. The zero-order valence-corrected chi connectivity index (χ0v) is 12.4.